The predicted molar refractivity (Wildman–Crippen MR) is 113 cm³/mol. The van der Waals surface area contributed by atoms with Gasteiger partial charge in [0.25, 0.3) is 15.9 Å². The number of rotatable bonds is 6. The van der Waals surface area contributed by atoms with E-state index < -0.39 is 10.0 Å². The van der Waals surface area contributed by atoms with Crippen LogP contribution in [0.4, 0.5) is 10.8 Å². The molecule has 7 nitrogen and oxygen atoms in total. The van der Waals surface area contributed by atoms with Gasteiger partial charge in [0, 0.05) is 17.6 Å². The van der Waals surface area contributed by atoms with Gasteiger partial charge in [-0.15, -0.1) is 10.2 Å². The van der Waals surface area contributed by atoms with Crippen molar-refractivity contribution in [2.75, 3.05) is 22.9 Å². The summed E-state index contributed by atoms with van der Waals surface area (Å²) in [5.74, 6) is -0.349. The highest BCUT2D eigenvalue weighted by atomic mass is 35.5. The maximum atomic E-state index is 12.7. The Morgan fingerprint density at radius 3 is 2.32 bits per heavy atom. The molecular formula is C17H15ClN4O3S3. The van der Waals surface area contributed by atoms with E-state index in [-0.39, 0.29) is 10.8 Å². The van der Waals surface area contributed by atoms with Crippen LogP contribution in [0.2, 0.25) is 5.02 Å². The Labute approximate surface area is 175 Å². The third kappa shape index (κ3) is 4.46. The van der Waals surface area contributed by atoms with Crippen LogP contribution in [0.1, 0.15) is 10.4 Å². The number of nitrogens with one attached hydrogen (secondary N) is 1. The fourth-order valence-electron chi connectivity index (χ4n) is 2.24. The molecule has 0 fully saturated rings. The number of hydrogen-bond acceptors (Lipinski definition) is 7. The number of thioether (sulfide) groups is 1. The van der Waals surface area contributed by atoms with Crippen molar-refractivity contribution in [3.05, 3.63) is 59.1 Å². The van der Waals surface area contributed by atoms with E-state index in [1.54, 1.807) is 24.3 Å². The van der Waals surface area contributed by atoms with E-state index in [2.05, 4.69) is 15.5 Å². The predicted octanol–water partition coefficient (Wildman–Crippen LogP) is 3.99. The van der Waals surface area contributed by atoms with Crippen molar-refractivity contribution in [3.8, 4) is 0 Å². The molecule has 1 amide bonds. The first-order chi connectivity index (χ1) is 13.3. The fraction of sp³-hybridized carbons (Fsp3) is 0.118. The summed E-state index contributed by atoms with van der Waals surface area (Å²) in [5, 5.41) is 11.3. The van der Waals surface area contributed by atoms with Crippen molar-refractivity contribution in [3.63, 3.8) is 0 Å². The lowest BCUT2D eigenvalue weighted by Gasteiger charge is -2.19. The van der Waals surface area contributed by atoms with E-state index in [1.165, 1.54) is 54.4 Å². The highest BCUT2D eigenvalue weighted by molar-refractivity contribution is 8.00. The maximum Gasteiger partial charge on any atom is 0.264 e. The van der Waals surface area contributed by atoms with Gasteiger partial charge in [0.15, 0.2) is 4.34 Å². The standard InChI is InChI=1S/C17H15ClN4O3S3/c1-22(28(24,25)14-9-5-12(18)6-10-14)13-7-3-11(4-8-13)15(23)19-16-20-21-17(26-2)27-16/h3-10H,1-2H3,(H,19,20,23). The topological polar surface area (TPSA) is 92.3 Å². The van der Waals surface area contributed by atoms with Crippen molar-refractivity contribution in [2.24, 2.45) is 0 Å². The lowest BCUT2D eigenvalue weighted by Crippen LogP contribution is -2.26. The molecule has 0 saturated carbocycles. The number of benzene rings is 2. The molecule has 1 aromatic heterocycles. The first-order valence-corrected chi connectivity index (χ1v) is 11.7. The Bertz CT molecular complexity index is 1080. The van der Waals surface area contributed by atoms with Crippen LogP contribution in [0, 0.1) is 0 Å². The first kappa shape index (κ1) is 20.6. The van der Waals surface area contributed by atoms with Gasteiger partial charge in [-0.2, -0.15) is 0 Å². The van der Waals surface area contributed by atoms with Gasteiger partial charge in [-0.25, -0.2) is 8.42 Å². The fourth-order valence-corrected chi connectivity index (χ4v) is 4.72. The summed E-state index contributed by atoms with van der Waals surface area (Å²) >= 11 is 8.54. The quantitative estimate of drug-likeness (QED) is 0.447. The number of hydrogen-bond donors (Lipinski definition) is 1. The zero-order chi connectivity index (χ0) is 20.3. The van der Waals surface area contributed by atoms with Crippen LogP contribution in [0.3, 0.4) is 0 Å². The zero-order valence-corrected chi connectivity index (χ0v) is 18.0. The van der Waals surface area contributed by atoms with Crippen LogP contribution in [-0.4, -0.2) is 37.8 Å². The number of sulfonamides is 1. The average Bonchev–Trinajstić information content (AvgIpc) is 3.15. The molecule has 0 spiro atoms. The molecule has 1 N–H and O–H groups in total. The Hall–Kier alpha value is -2.14. The Morgan fingerprint density at radius 1 is 1.11 bits per heavy atom. The van der Waals surface area contributed by atoms with Gasteiger partial charge in [-0.1, -0.05) is 34.7 Å². The number of anilines is 2. The number of halogens is 1. The summed E-state index contributed by atoms with van der Waals surface area (Å²) in [7, 11) is -2.29. The molecule has 0 aliphatic rings. The molecule has 3 rings (SSSR count). The van der Waals surface area contributed by atoms with Crippen LogP contribution in [-0.2, 0) is 10.0 Å². The molecule has 0 unspecified atom stereocenters. The van der Waals surface area contributed by atoms with E-state index in [0.717, 1.165) is 8.64 Å². The summed E-state index contributed by atoms with van der Waals surface area (Å²) in [6, 6.07) is 12.2. The molecule has 0 radical (unpaired) electrons. The van der Waals surface area contributed by atoms with Gasteiger partial charge in [0.05, 0.1) is 10.6 Å². The van der Waals surface area contributed by atoms with Crippen molar-refractivity contribution in [1.82, 2.24) is 10.2 Å². The maximum absolute atomic E-state index is 12.7. The smallest absolute Gasteiger partial charge is 0.264 e. The molecular weight excluding hydrogens is 440 g/mol. The minimum absolute atomic E-state index is 0.127. The van der Waals surface area contributed by atoms with Crippen LogP contribution in [0.25, 0.3) is 0 Å². The van der Waals surface area contributed by atoms with Crippen molar-refractivity contribution in [1.29, 1.82) is 0 Å². The second-order valence-corrected chi connectivity index (χ2v) is 9.94. The Morgan fingerprint density at radius 2 is 1.75 bits per heavy atom. The number of carbonyl (C=O) groups is 1. The molecule has 146 valence electrons. The lowest BCUT2D eigenvalue weighted by atomic mass is 10.2. The van der Waals surface area contributed by atoms with Gasteiger partial charge >= 0.3 is 0 Å². The van der Waals surface area contributed by atoms with Gasteiger partial charge in [-0.3, -0.25) is 14.4 Å². The minimum atomic E-state index is -3.74. The van der Waals surface area contributed by atoms with Gasteiger partial charge in [-0.05, 0) is 54.8 Å². The van der Waals surface area contributed by atoms with E-state index in [4.69, 9.17) is 11.6 Å². The largest absolute Gasteiger partial charge is 0.296 e. The van der Waals surface area contributed by atoms with E-state index in [0.29, 0.717) is 21.4 Å². The van der Waals surface area contributed by atoms with Crippen LogP contribution in [0.15, 0.2) is 57.8 Å². The van der Waals surface area contributed by atoms with Crippen LogP contribution in [0.5, 0.6) is 0 Å². The molecule has 2 aromatic carbocycles. The van der Waals surface area contributed by atoms with Crippen molar-refractivity contribution in [2.45, 2.75) is 9.24 Å². The highest BCUT2D eigenvalue weighted by Gasteiger charge is 2.21. The summed E-state index contributed by atoms with van der Waals surface area (Å²) in [6.07, 6.45) is 1.87. The Kier molecular flexibility index (Phi) is 6.23. The summed E-state index contributed by atoms with van der Waals surface area (Å²) in [5.41, 5.74) is 0.800. The normalized spacial score (nSPS) is 11.2. The summed E-state index contributed by atoms with van der Waals surface area (Å²) in [6.45, 7) is 0. The molecule has 0 atom stereocenters. The summed E-state index contributed by atoms with van der Waals surface area (Å²) in [4.78, 5) is 12.4. The number of nitrogens with zero attached hydrogens (tertiary/aromatic N) is 3. The van der Waals surface area contributed by atoms with Crippen LogP contribution < -0.4 is 9.62 Å². The molecule has 28 heavy (non-hydrogen) atoms. The SMILES string of the molecule is CSc1nnc(NC(=O)c2ccc(N(C)S(=O)(=O)c3ccc(Cl)cc3)cc2)s1. The molecule has 11 heteroatoms. The molecule has 0 aliphatic carbocycles. The molecule has 3 aromatic rings. The molecule has 0 saturated heterocycles. The van der Waals surface area contributed by atoms with Gasteiger partial charge < -0.3 is 0 Å². The number of aromatic nitrogens is 2. The second-order valence-electron chi connectivity index (χ2n) is 5.50. The summed E-state index contributed by atoms with van der Waals surface area (Å²) < 4.78 is 27.3. The zero-order valence-electron chi connectivity index (χ0n) is 14.8. The average molecular weight is 455 g/mol. The van der Waals surface area contributed by atoms with E-state index in [9.17, 15) is 13.2 Å². The number of amides is 1. The molecule has 0 bridgehead atoms. The van der Waals surface area contributed by atoms with Gasteiger partial charge in [0.2, 0.25) is 5.13 Å². The highest BCUT2D eigenvalue weighted by Crippen LogP contribution is 2.25. The Balaban J connectivity index is 1.75. The van der Waals surface area contributed by atoms with Crippen molar-refractivity contribution < 1.29 is 13.2 Å². The van der Waals surface area contributed by atoms with E-state index in [1.807, 2.05) is 6.26 Å². The monoisotopic (exact) mass is 454 g/mol. The first-order valence-electron chi connectivity index (χ1n) is 7.84. The van der Waals surface area contributed by atoms with E-state index >= 15 is 0 Å². The molecule has 0 aliphatic heterocycles. The third-order valence-electron chi connectivity index (χ3n) is 3.77. The third-order valence-corrected chi connectivity index (χ3v) is 7.63. The second kappa shape index (κ2) is 8.48. The van der Waals surface area contributed by atoms with Crippen molar-refractivity contribution >= 4 is 61.4 Å². The van der Waals surface area contributed by atoms with Gasteiger partial charge in [0.1, 0.15) is 0 Å². The number of carbonyl (C=O) groups excluding carboxylic acids is 1. The van der Waals surface area contributed by atoms with Crippen LogP contribution >= 0.6 is 34.7 Å². The molecule has 1 heterocycles. The lowest BCUT2D eigenvalue weighted by molar-refractivity contribution is 0.102. The minimum Gasteiger partial charge on any atom is -0.296 e.